The van der Waals surface area contributed by atoms with Crippen molar-refractivity contribution in [3.05, 3.63) is 0 Å². The summed E-state index contributed by atoms with van der Waals surface area (Å²) in [4.78, 5) is 23.5. The lowest BCUT2D eigenvalue weighted by Crippen LogP contribution is -2.49. The number of nitrogens with one attached hydrogen (secondary N) is 1. The lowest BCUT2D eigenvalue weighted by atomic mass is 10.2. The van der Waals surface area contributed by atoms with Crippen LogP contribution in [-0.2, 0) is 14.6 Å². The molecule has 0 saturated carbocycles. The van der Waals surface area contributed by atoms with Crippen LogP contribution in [0.4, 0.5) is 4.79 Å². The summed E-state index contributed by atoms with van der Waals surface area (Å²) in [5.41, 5.74) is 5.23. The van der Waals surface area contributed by atoms with Crippen molar-refractivity contribution in [2.45, 2.75) is 12.5 Å². The fourth-order valence-electron chi connectivity index (χ4n) is 1.81. The molecular weight excluding hydrogens is 262 g/mol. The summed E-state index contributed by atoms with van der Waals surface area (Å²) in [6.07, 6.45) is 0.270. The molecule has 104 valence electrons. The van der Waals surface area contributed by atoms with Gasteiger partial charge in [-0.2, -0.15) is 0 Å². The van der Waals surface area contributed by atoms with Gasteiger partial charge in [0.2, 0.25) is 0 Å². The number of carbonyl (C=O) groups is 2. The minimum Gasteiger partial charge on any atom is -0.480 e. The quantitative estimate of drug-likeness (QED) is 0.546. The topological polar surface area (TPSA) is 130 Å². The minimum absolute atomic E-state index is 0.0159. The van der Waals surface area contributed by atoms with Crippen LogP contribution in [0.3, 0.4) is 0 Å². The monoisotopic (exact) mass is 279 g/mol. The second-order valence-corrected chi connectivity index (χ2v) is 6.33. The van der Waals surface area contributed by atoms with Gasteiger partial charge in [-0.05, 0) is 6.42 Å². The molecule has 0 aromatic carbocycles. The van der Waals surface area contributed by atoms with E-state index in [4.69, 9.17) is 10.8 Å². The molecule has 1 atom stereocenters. The van der Waals surface area contributed by atoms with Gasteiger partial charge in [0, 0.05) is 19.1 Å². The normalized spacial score (nSPS) is 21.5. The summed E-state index contributed by atoms with van der Waals surface area (Å²) < 4.78 is 22.7. The molecule has 1 fully saturated rings. The Kier molecular flexibility index (Phi) is 4.91. The van der Waals surface area contributed by atoms with Crippen molar-refractivity contribution in [1.82, 2.24) is 10.2 Å². The van der Waals surface area contributed by atoms with Crippen molar-refractivity contribution >= 4 is 21.8 Å². The summed E-state index contributed by atoms with van der Waals surface area (Å²) in [5, 5.41) is 11.2. The van der Waals surface area contributed by atoms with Gasteiger partial charge in [-0.3, -0.25) is 4.79 Å². The van der Waals surface area contributed by atoms with E-state index in [1.807, 2.05) is 0 Å². The SMILES string of the molecule is NCCNC(=O)N(CC(=O)O)C1CCS(=O)(=O)C1. The van der Waals surface area contributed by atoms with Crippen LogP contribution in [0.5, 0.6) is 0 Å². The molecule has 9 heteroatoms. The van der Waals surface area contributed by atoms with E-state index in [1.165, 1.54) is 0 Å². The highest BCUT2D eigenvalue weighted by atomic mass is 32.2. The van der Waals surface area contributed by atoms with Crippen molar-refractivity contribution in [3.8, 4) is 0 Å². The number of sulfone groups is 1. The lowest BCUT2D eigenvalue weighted by Gasteiger charge is -2.26. The molecule has 0 aromatic heterocycles. The number of carboxylic acids is 1. The van der Waals surface area contributed by atoms with Crippen LogP contribution in [0.2, 0.25) is 0 Å². The van der Waals surface area contributed by atoms with Crippen LogP contribution in [0, 0.1) is 0 Å². The molecular formula is C9H17N3O5S. The molecule has 18 heavy (non-hydrogen) atoms. The van der Waals surface area contributed by atoms with Crippen LogP contribution < -0.4 is 11.1 Å². The van der Waals surface area contributed by atoms with E-state index in [9.17, 15) is 18.0 Å². The molecule has 4 N–H and O–H groups in total. The molecule has 1 saturated heterocycles. The number of carbonyl (C=O) groups excluding carboxylic acids is 1. The zero-order valence-corrected chi connectivity index (χ0v) is 10.6. The Hall–Kier alpha value is -1.35. The largest absolute Gasteiger partial charge is 0.480 e. The van der Waals surface area contributed by atoms with Crippen LogP contribution in [-0.4, -0.2) is 67.6 Å². The number of amides is 2. The first-order chi connectivity index (χ1) is 8.35. The fraction of sp³-hybridized carbons (Fsp3) is 0.778. The molecule has 1 aliphatic rings. The summed E-state index contributed by atoms with van der Waals surface area (Å²) in [6.45, 7) is -0.0688. The van der Waals surface area contributed by atoms with E-state index in [0.29, 0.717) is 0 Å². The highest BCUT2D eigenvalue weighted by molar-refractivity contribution is 7.91. The number of nitrogens with zero attached hydrogens (tertiary/aromatic N) is 1. The van der Waals surface area contributed by atoms with Crippen LogP contribution in [0.15, 0.2) is 0 Å². The van der Waals surface area contributed by atoms with Crippen molar-refractivity contribution in [1.29, 1.82) is 0 Å². The number of hydrogen-bond donors (Lipinski definition) is 3. The molecule has 0 bridgehead atoms. The second kappa shape index (κ2) is 6.01. The lowest BCUT2D eigenvalue weighted by molar-refractivity contribution is -0.138. The number of carboxylic acid groups (broad SMARTS) is 1. The van der Waals surface area contributed by atoms with Gasteiger partial charge in [-0.15, -0.1) is 0 Å². The Morgan fingerprint density at radius 1 is 1.44 bits per heavy atom. The number of rotatable bonds is 5. The highest BCUT2D eigenvalue weighted by Crippen LogP contribution is 2.17. The molecule has 8 nitrogen and oxygen atoms in total. The highest BCUT2D eigenvalue weighted by Gasteiger charge is 2.35. The first kappa shape index (κ1) is 14.7. The van der Waals surface area contributed by atoms with Crippen molar-refractivity contribution in [2.24, 2.45) is 5.73 Å². The van der Waals surface area contributed by atoms with Crippen LogP contribution in [0.1, 0.15) is 6.42 Å². The maximum Gasteiger partial charge on any atom is 0.323 e. The third-order valence-electron chi connectivity index (χ3n) is 2.64. The van der Waals surface area contributed by atoms with E-state index in [-0.39, 0.29) is 31.0 Å². The average molecular weight is 279 g/mol. The van der Waals surface area contributed by atoms with Crippen molar-refractivity contribution in [2.75, 3.05) is 31.1 Å². The van der Waals surface area contributed by atoms with Gasteiger partial charge in [-0.1, -0.05) is 0 Å². The average Bonchev–Trinajstić information content (AvgIpc) is 2.63. The molecule has 2 amide bonds. The van der Waals surface area contributed by atoms with Gasteiger partial charge >= 0.3 is 12.0 Å². The maximum atomic E-state index is 11.7. The van der Waals surface area contributed by atoms with E-state index in [2.05, 4.69) is 5.32 Å². The van der Waals surface area contributed by atoms with Gasteiger partial charge in [0.1, 0.15) is 6.54 Å². The van der Waals surface area contributed by atoms with Gasteiger partial charge in [0.15, 0.2) is 9.84 Å². The summed E-state index contributed by atoms with van der Waals surface area (Å²) in [5.74, 6) is -1.38. The molecule has 0 aromatic rings. The Bertz CT molecular complexity index is 422. The Morgan fingerprint density at radius 2 is 2.11 bits per heavy atom. The number of aliphatic carboxylic acids is 1. The summed E-state index contributed by atoms with van der Waals surface area (Å²) in [7, 11) is -3.17. The second-order valence-electron chi connectivity index (χ2n) is 4.10. The first-order valence-corrected chi connectivity index (χ1v) is 7.34. The maximum absolute atomic E-state index is 11.7. The smallest absolute Gasteiger partial charge is 0.323 e. The van der Waals surface area contributed by atoms with Gasteiger partial charge < -0.3 is 21.1 Å². The van der Waals surface area contributed by atoms with Crippen LogP contribution in [0.25, 0.3) is 0 Å². The zero-order valence-electron chi connectivity index (χ0n) is 9.83. The fourth-order valence-corrected chi connectivity index (χ4v) is 3.55. The minimum atomic E-state index is -3.17. The molecule has 1 unspecified atom stereocenters. The predicted octanol–water partition coefficient (Wildman–Crippen LogP) is -1.77. The molecule has 0 aliphatic carbocycles. The van der Waals surface area contributed by atoms with Gasteiger partial charge in [-0.25, -0.2) is 13.2 Å². The molecule has 1 heterocycles. The Labute approximate surface area is 105 Å². The molecule has 1 aliphatic heterocycles. The standard InChI is InChI=1S/C9H17N3O5S/c10-2-3-11-9(15)12(5-8(13)14)7-1-4-18(16,17)6-7/h7H,1-6,10H2,(H,11,15)(H,13,14). The molecule has 0 spiro atoms. The number of hydrogen-bond acceptors (Lipinski definition) is 5. The van der Waals surface area contributed by atoms with E-state index in [1.54, 1.807) is 0 Å². The third-order valence-corrected chi connectivity index (χ3v) is 4.39. The van der Waals surface area contributed by atoms with Gasteiger partial charge in [0.25, 0.3) is 0 Å². The number of urea groups is 1. The van der Waals surface area contributed by atoms with Crippen molar-refractivity contribution < 1.29 is 23.1 Å². The van der Waals surface area contributed by atoms with Gasteiger partial charge in [0.05, 0.1) is 11.5 Å². The zero-order chi connectivity index (χ0) is 13.8. The van der Waals surface area contributed by atoms with E-state index >= 15 is 0 Å². The summed E-state index contributed by atoms with van der Waals surface area (Å²) in [6, 6.07) is -1.17. The predicted molar refractivity (Wildman–Crippen MR) is 63.9 cm³/mol. The molecule has 0 radical (unpaired) electrons. The van der Waals surface area contributed by atoms with Crippen LogP contribution >= 0.6 is 0 Å². The first-order valence-electron chi connectivity index (χ1n) is 5.52. The number of nitrogens with two attached hydrogens (primary N) is 1. The van der Waals surface area contributed by atoms with Crippen molar-refractivity contribution in [3.63, 3.8) is 0 Å². The summed E-state index contributed by atoms with van der Waals surface area (Å²) >= 11 is 0. The Balaban J connectivity index is 2.72. The third kappa shape index (κ3) is 4.15. The Morgan fingerprint density at radius 3 is 2.56 bits per heavy atom. The van der Waals surface area contributed by atoms with E-state index < -0.39 is 34.4 Å². The van der Waals surface area contributed by atoms with E-state index in [0.717, 1.165) is 4.90 Å². The molecule has 1 rings (SSSR count).